The molecule has 0 aromatic carbocycles. The van der Waals surface area contributed by atoms with Crippen LogP contribution in [0, 0.1) is 0 Å². The first kappa shape index (κ1) is 106. The van der Waals surface area contributed by atoms with Gasteiger partial charge in [0.15, 0.2) is 24.8 Å². The number of aliphatic hydroxyl groups excluding tert-OH is 9. The average molecular weight is 1670 g/mol. The zero-order valence-corrected chi connectivity index (χ0v) is 72.7. The molecule has 2 heterocycles. The number of unbranched alkanes of at least 4 members (excludes halogenated alkanes) is 49. The number of phosphoric ester groups is 1. The minimum atomic E-state index is -5.80. The summed E-state index contributed by atoms with van der Waals surface area (Å²) >= 11 is 0. The second-order valence-electron chi connectivity index (χ2n) is 33.2. The maximum absolute atomic E-state index is 14.9. The molecular formula is C89H165O25P. The summed E-state index contributed by atoms with van der Waals surface area (Å²) in [5.74, 6) is -2.97. The molecule has 18 unspecified atom stereocenters. The first-order chi connectivity index (χ1) is 55.7. The number of allylic oxidation sites excluding steroid dienone is 2. The molecule has 0 radical (unpaired) electrons. The van der Waals surface area contributed by atoms with Crippen LogP contribution in [0.4, 0.5) is 0 Å². The predicted molar refractivity (Wildman–Crippen MR) is 444 cm³/mol. The number of rotatable bonds is 75. The van der Waals surface area contributed by atoms with Gasteiger partial charge < -0.3 is 88.7 Å². The Bertz CT molecular complexity index is 2440. The molecule has 2 saturated heterocycles. The van der Waals surface area contributed by atoms with Crippen LogP contribution in [0.2, 0.25) is 0 Å². The van der Waals surface area contributed by atoms with Crippen LogP contribution in [0.15, 0.2) is 12.2 Å². The molecule has 0 amide bonds. The van der Waals surface area contributed by atoms with Crippen molar-refractivity contribution < 1.29 is 122 Å². The van der Waals surface area contributed by atoms with Crippen molar-refractivity contribution in [3.05, 3.63) is 12.2 Å². The van der Waals surface area contributed by atoms with Crippen LogP contribution >= 0.6 is 7.82 Å². The van der Waals surface area contributed by atoms with E-state index < -0.39 is 162 Å². The van der Waals surface area contributed by atoms with E-state index in [1.165, 1.54) is 186 Å². The van der Waals surface area contributed by atoms with Gasteiger partial charge in [0.25, 0.3) is 0 Å². The summed E-state index contributed by atoms with van der Waals surface area (Å²) in [6, 6.07) is 0. The van der Waals surface area contributed by atoms with Crippen molar-refractivity contribution in [1.82, 2.24) is 0 Å². The molecule has 3 rings (SSSR count). The third-order valence-electron chi connectivity index (χ3n) is 22.8. The van der Waals surface area contributed by atoms with Crippen LogP contribution in [0.1, 0.15) is 400 Å². The van der Waals surface area contributed by atoms with Gasteiger partial charge in [0, 0.05) is 25.7 Å². The molecule has 26 heteroatoms. The van der Waals surface area contributed by atoms with Gasteiger partial charge in [0.1, 0.15) is 92.6 Å². The quantitative estimate of drug-likeness (QED) is 0.00889. The lowest BCUT2D eigenvalue weighted by Crippen LogP contribution is -2.70. The van der Waals surface area contributed by atoms with E-state index in [0.29, 0.717) is 38.5 Å². The Labute approximate surface area is 692 Å². The first-order valence-electron chi connectivity index (χ1n) is 46.4. The zero-order chi connectivity index (χ0) is 84.0. The molecule has 676 valence electrons. The van der Waals surface area contributed by atoms with Crippen LogP contribution in [0.5, 0.6) is 0 Å². The number of aliphatic hydroxyl groups is 9. The summed E-state index contributed by atoms with van der Waals surface area (Å²) in [5.41, 5.74) is 0. The van der Waals surface area contributed by atoms with E-state index in [1.807, 2.05) is 0 Å². The van der Waals surface area contributed by atoms with E-state index in [9.17, 15) is 74.6 Å². The van der Waals surface area contributed by atoms with Gasteiger partial charge in [-0.15, -0.1) is 0 Å². The highest BCUT2D eigenvalue weighted by Crippen LogP contribution is 2.49. The van der Waals surface area contributed by atoms with E-state index in [-0.39, 0.29) is 25.7 Å². The fraction of sp³-hybridized carbons (Fsp3) is 0.933. The fourth-order valence-corrected chi connectivity index (χ4v) is 16.3. The molecule has 0 aromatic heterocycles. The molecule has 0 aromatic rings. The topological polar surface area (TPSA) is 380 Å². The number of carbonyl (C=O) groups excluding carboxylic acids is 4. The highest BCUT2D eigenvalue weighted by molar-refractivity contribution is 7.47. The van der Waals surface area contributed by atoms with Crippen molar-refractivity contribution in [2.45, 2.75) is 504 Å². The van der Waals surface area contributed by atoms with Crippen molar-refractivity contribution >= 4 is 31.7 Å². The van der Waals surface area contributed by atoms with E-state index >= 15 is 0 Å². The normalized spacial score (nSPS) is 25.3. The Hall–Kier alpha value is -2.79. The third-order valence-corrected chi connectivity index (χ3v) is 23.8. The van der Waals surface area contributed by atoms with Gasteiger partial charge in [-0.3, -0.25) is 28.2 Å². The number of phosphoric acid groups is 1. The van der Waals surface area contributed by atoms with Crippen molar-refractivity contribution in [1.29, 1.82) is 0 Å². The Morgan fingerprint density at radius 2 is 0.652 bits per heavy atom. The van der Waals surface area contributed by atoms with Gasteiger partial charge in [0.05, 0.1) is 13.2 Å². The Morgan fingerprint density at radius 3 is 1.04 bits per heavy atom. The van der Waals surface area contributed by atoms with Gasteiger partial charge >= 0.3 is 31.7 Å². The molecule has 18 atom stereocenters. The van der Waals surface area contributed by atoms with Crippen LogP contribution in [0.3, 0.4) is 0 Å². The minimum absolute atomic E-state index is 0.0184. The summed E-state index contributed by atoms with van der Waals surface area (Å²) in [6.07, 6.45) is 26.5. The fourth-order valence-electron chi connectivity index (χ4n) is 15.4. The first-order valence-corrected chi connectivity index (χ1v) is 47.9. The van der Waals surface area contributed by atoms with Gasteiger partial charge in [-0.1, -0.05) is 335 Å². The van der Waals surface area contributed by atoms with Crippen LogP contribution in [-0.4, -0.2) is 205 Å². The summed E-state index contributed by atoms with van der Waals surface area (Å²) in [6.45, 7) is 5.58. The van der Waals surface area contributed by atoms with Crippen molar-refractivity contribution in [3.63, 3.8) is 0 Å². The standard InChI is InChI=1S/C89H165O25P/c1-5-9-13-17-21-25-29-33-35-39-41-45-49-53-57-61-72(91)105-66-69(108-74(93)63-59-55-51-47-43-37-31-27-23-19-15-11-7-3)67-107-115(103,104)114-87-85(112-88-82(101)78(97)76(95)70(65-90)109-88)81(100)80(99)84(111-75(94)64-60-56-52-48-44-38-32-28-24-20-16-12-8-4)86(87)113-89-83(102)79(98)77(96)71(110-89)68-106-73(92)62-58-54-50-46-42-40-36-34-30-26-22-18-14-10-6-2/h37,43,69-71,76-90,95-102H,5-36,38-42,44-68H2,1-4H3,(H,103,104)/b43-37-. The second kappa shape index (κ2) is 68.7. The highest BCUT2D eigenvalue weighted by atomic mass is 31.2. The smallest absolute Gasteiger partial charge is 0.463 e. The largest absolute Gasteiger partial charge is 0.472 e. The summed E-state index contributed by atoms with van der Waals surface area (Å²) in [7, 11) is -5.80. The lowest BCUT2D eigenvalue weighted by molar-refractivity contribution is -0.360. The molecular weight excluding hydrogens is 1500 g/mol. The van der Waals surface area contributed by atoms with Crippen LogP contribution in [0.25, 0.3) is 0 Å². The third kappa shape index (κ3) is 49.2. The Balaban J connectivity index is 1.92. The molecule has 1 aliphatic carbocycles. The monoisotopic (exact) mass is 1670 g/mol. The highest BCUT2D eigenvalue weighted by Gasteiger charge is 2.60. The number of hydrogen-bond acceptors (Lipinski definition) is 24. The maximum Gasteiger partial charge on any atom is 0.472 e. The summed E-state index contributed by atoms with van der Waals surface area (Å²) in [5, 5.41) is 102. The number of ether oxygens (including phenoxy) is 8. The Morgan fingerprint density at radius 1 is 0.339 bits per heavy atom. The molecule has 0 bridgehead atoms. The SMILES string of the molecule is CCCCCCCC/C=C\CCCCCC(=O)OC(COC(=O)CCCCCCCCCCCCCCCCC)COP(=O)(O)OC1C(OC2OC(CO)C(O)C(O)C2O)C(O)C(O)C(OC(=O)CCCCCCCCCCCCCCC)C1OC1OC(COC(=O)CCCCCCCCCCCCCCCCC)C(O)C(O)C1O. The lowest BCUT2D eigenvalue weighted by atomic mass is 9.84. The molecule has 115 heavy (non-hydrogen) atoms. The number of hydrogen-bond donors (Lipinski definition) is 10. The van der Waals surface area contributed by atoms with Crippen LogP contribution in [-0.2, 0) is 70.7 Å². The van der Waals surface area contributed by atoms with Gasteiger partial charge in [-0.2, -0.15) is 0 Å². The molecule has 3 aliphatic rings. The predicted octanol–water partition coefficient (Wildman–Crippen LogP) is 16.8. The zero-order valence-electron chi connectivity index (χ0n) is 71.9. The molecule has 2 aliphatic heterocycles. The van der Waals surface area contributed by atoms with Gasteiger partial charge in [-0.25, -0.2) is 4.57 Å². The van der Waals surface area contributed by atoms with Gasteiger partial charge in [-0.05, 0) is 51.4 Å². The Kier molecular flexibility index (Phi) is 63.6. The van der Waals surface area contributed by atoms with Crippen molar-refractivity contribution in [3.8, 4) is 0 Å². The van der Waals surface area contributed by atoms with E-state index in [1.54, 1.807) is 0 Å². The minimum Gasteiger partial charge on any atom is -0.463 e. The van der Waals surface area contributed by atoms with E-state index in [0.717, 1.165) is 122 Å². The molecule has 10 N–H and O–H groups in total. The summed E-state index contributed by atoms with van der Waals surface area (Å²) < 4.78 is 73.3. The second-order valence-corrected chi connectivity index (χ2v) is 34.6. The molecule has 1 saturated carbocycles. The van der Waals surface area contributed by atoms with Gasteiger partial charge in [0.2, 0.25) is 0 Å². The maximum atomic E-state index is 14.9. The lowest BCUT2D eigenvalue weighted by Gasteiger charge is -2.50. The van der Waals surface area contributed by atoms with E-state index in [2.05, 4.69) is 39.8 Å². The van der Waals surface area contributed by atoms with Crippen molar-refractivity contribution in [2.75, 3.05) is 26.4 Å². The number of esters is 4. The van der Waals surface area contributed by atoms with Crippen molar-refractivity contribution in [2.24, 2.45) is 0 Å². The molecule has 3 fully saturated rings. The molecule has 25 nitrogen and oxygen atoms in total. The summed E-state index contributed by atoms with van der Waals surface area (Å²) in [4.78, 5) is 66.3. The van der Waals surface area contributed by atoms with Crippen LogP contribution < -0.4 is 0 Å². The van der Waals surface area contributed by atoms with E-state index in [4.69, 9.17) is 46.9 Å². The average Bonchev–Trinajstić information content (AvgIpc) is 0.747. The number of carbonyl (C=O) groups is 4. The molecule has 0 spiro atoms.